The van der Waals surface area contributed by atoms with Gasteiger partial charge in [-0.15, -0.1) is 5.10 Å². The Labute approximate surface area is 181 Å². The number of ether oxygens (including phenoxy) is 1. The van der Waals surface area contributed by atoms with Gasteiger partial charge in [-0.1, -0.05) is 11.3 Å². The predicted molar refractivity (Wildman–Crippen MR) is 119 cm³/mol. The molecule has 11 heteroatoms. The van der Waals surface area contributed by atoms with Gasteiger partial charge in [0.15, 0.2) is 11.6 Å². The van der Waals surface area contributed by atoms with Crippen LogP contribution in [0.2, 0.25) is 0 Å². The van der Waals surface area contributed by atoms with E-state index < -0.39 is 5.82 Å². The predicted octanol–water partition coefficient (Wildman–Crippen LogP) is 3.68. The number of nitrogens with one attached hydrogen (secondary N) is 3. The number of H-pyrrole nitrogens is 2. The molecule has 0 fully saturated rings. The standard InChI is InChI=1S/C21H20FN9O/c1-32-9-3-8-31(19-5-2-4-16-14(19)11-24-27-16)20-15(22)12-23-21(26-20)25-13-6-7-17-18(10-13)29-30-28-17/h2,4-7,10-12H,3,8-9H2,1H3,(H,24,27)(H,23,25,26)(H,28,29,30). The number of hydrogen-bond acceptors (Lipinski definition) is 8. The van der Waals surface area contributed by atoms with Crippen molar-refractivity contribution in [2.45, 2.75) is 6.42 Å². The lowest BCUT2D eigenvalue weighted by molar-refractivity contribution is 0.196. The van der Waals surface area contributed by atoms with Crippen LogP contribution in [0.5, 0.6) is 0 Å². The lowest BCUT2D eigenvalue weighted by Gasteiger charge is -2.25. The van der Waals surface area contributed by atoms with E-state index >= 15 is 0 Å². The molecule has 10 nitrogen and oxygen atoms in total. The molecule has 0 atom stereocenters. The lowest BCUT2D eigenvalue weighted by Crippen LogP contribution is -2.23. The average molecular weight is 433 g/mol. The third-order valence-electron chi connectivity index (χ3n) is 5.04. The van der Waals surface area contributed by atoms with E-state index in [0.29, 0.717) is 19.6 Å². The van der Waals surface area contributed by atoms with Crippen LogP contribution >= 0.6 is 0 Å². The van der Waals surface area contributed by atoms with Crippen molar-refractivity contribution in [2.24, 2.45) is 0 Å². The highest BCUT2D eigenvalue weighted by Crippen LogP contribution is 2.32. The number of benzene rings is 2. The molecule has 0 radical (unpaired) electrons. The first-order valence-corrected chi connectivity index (χ1v) is 10.0. The summed E-state index contributed by atoms with van der Waals surface area (Å²) >= 11 is 0. The maximum Gasteiger partial charge on any atom is 0.229 e. The van der Waals surface area contributed by atoms with E-state index in [2.05, 4.69) is 40.9 Å². The monoisotopic (exact) mass is 433 g/mol. The smallest absolute Gasteiger partial charge is 0.229 e. The number of rotatable bonds is 8. The van der Waals surface area contributed by atoms with Gasteiger partial charge in [0, 0.05) is 31.3 Å². The topological polar surface area (TPSA) is 121 Å². The van der Waals surface area contributed by atoms with Crippen LogP contribution in [0.4, 0.5) is 27.5 Å². The largest absolute Gasteiger partial charge is 0.385 e. The zero-order valence-electron chi connectivity index (χ0n) is 17.2. The Bertz CT molecular complexity index is 1370. The van der Waals surface area contributed by atoms with Gasteiger partial charge >= 0.3 is 0 Å². The molecule has 2 aromatic carbocycles. The molecule has 0 unspecified atom stereocenters. The summed E-state index contributed by atoms with van der Waals surface area (Å²) in [7, 11) is 1.64. The minimum absolute atomic E-state index is 0.164. The molecule has 162 valence electrons. The number of hydrogen-bond donors (Lipinski definition) is 3. The molecule has 3 N–H and O–H groups in total. The molecule has 0 saturated carbocycles. The van der Waals surface area contributed by atoms with Gasteiger partial charge < -0.3 is 15.0 Å². The highest BCUT2D eigenvalue weighted by molar-refractivity contribution is 5.93. The van der Waals surface area contributed by atoms with E-state index in [9.17, 15) is 4.39 Å². The number of fused-ring (bicyclic) bond motifs is 2. The maximum absolute atomic E-state index is 15.0. The zero-order chi connectivity index (χ0) is 21.9. The summed E-state index contributed by atoms with van der Waals surface area (Å²) in [5.41, 5.74) is 3.89. The summed E-state index contributed by atoms with van der Waals surface area (Å²) in [6.45, 7) is 1.03. The van der Waals surface area contributed by atoms with Crippen molar-refractivity contribution in [1.82, 2.24) is 35.6 Å². The SMILES string of the molecule is COCCCN(c1nc(Nc2ccc3nn[nH]c3c2)ncc1F)c1cccc2[nH]ncc12. The molecular formula is C21H20FN9O. The van der Waals surface area contributed by atoms with Gasteiger partial charge in [-0.25, -0.2) is 9.37 Å². The molecule has 3 aromatic heterocycles. The van der Waals surface area contributed by atoms with Crippen molar-refractivity contribution in [2.75, 3.05) is 30.5 Å². The van der Waals surface area contributed by atoms with Crippen LogP contribution < -0.4 is 10.2 Å². The summed E-state index contributed by atoms with van der Waals surface area (Å²) in [5, 5.41) is 21.6. The minimum Gasteiger partial charge on any atom is -0.385 e. The number of aromatic amines is 2. The molecule has 3 heterocycles. The van der Waals surface area contributed by atoms with Crippen molar-refractivity contribution in [3.8, 4) is 0 Å². The quantitative estimate of drug-likeness (QED) is 0.317. The van der Waals surface area contributed by atoms with Gasteiger partial charge in [0.25, 0.3) is 0 Å². The number of methoxy groups -OCH3 is 1. The second-order valence-corrected chi connectivity index (χ2v) is 7.14. The van der Waals surface area contributed by atoms with Gasteiger partial charge in [-0.3, -0.25) is 10.2 Å². The Kier molecular flexibility index (Phi) is 5.30. The molecule has 0 spiro atoms. The molecule has 0 amide bonds. The van der Waals surface area contributed by atoms with Crippen molar-refractivity contribution in [3.63, 3.8) is 0 Å². The van der Waals surface area contributed by atoms with E-state index in [1.807, 2.05) is 41.3 Å². The van der Waals surface area contributed by atoms with Gasteiger partial charge in [-0.2, -0.15) is 10.1 Å². The Morgan fingerprint density at radius 3 is 2.97 bits per heavy atom. The highest BCUT2D eigenvalue weighted by Gasteiger charge is 2.20. The van der Waals surface area contributed by atoms with Crippen molar-refractivity contribution in [3.05, 3.63) is 54.6 Å². The van der Waals surface area contributed by atoms with Crippen LogP contribution in [0.25, 0.3) is 21.9 Å². The third kappa shape index (κ3) is 3.81. The van der Waals surface area contributed by atoms with Crippen LogP contribution in [-0.2, 0) is 4.74 Å². The maximum atomic E-state index is 15.0. The second kappa shape index (κ2) is 8.55. The Morgan fingerprint density at radius 2 is 2.06 bits per heavy atom. The number of anilines is 4. The van der Waals surface area contributed by atoms with E-state index in [1.165, 1.54) is 6.20 Å². The molecule has 0 bridgehead atoms. The zero-order valence-corrected chi connectivity index (χ0v) is 17.2. The summed E-state index contributed by atoms with van der Waals surface area (Å²) in [6.07, 6.45) is 3.57. The Hall–Kier alpha value is -4.12. The van der Waals surface area contributed by atoms with E-state index in [1.54, 1.807) is 13.3 Å². The molecule has 0 aliphatic heterocycles. The van der Waals surface area contributed by atoms with Crippen LogP contribution in [0, 0.1) is 5.82 Å². The molecule has 5 aromatic rings. The number of halogens is 1. The first kappa shape index (κ1) is 19.8. The molecular weight excluding hydrogens is 413 g/mol. The number of nitrogens with zero attached hydrogens (tertiary/aromatic N) is 6. The van der Waals surface area contributed by atoms with Crippen LogP contribution in [0.3, 0.4) is 0 Å². The van der Waals surface area contributed by atoms with Crippen molar-refractivity contribution < 1.29 is 9.13 Å². The fraction of sp³-hybridized carbons (Fsp3) is 0.190. The van der Waals surface area contributed by atoms with Gasteiger partial charge in [0.2, 0.25) is 5.95 Å². The fourth-order valence-corrected chi connectivity index (χ4v) is 3.56. The van der Waals surface area contributed by atoms with Gasteiger partial charge in [0.05, 0.1) is 29.1 Å². The highest BCUT2D eigenvalue weighted by atomic mass is 19.1. The fourth-order valence-electron chi connectivity index (χ4n) is 3.56. The average Bonchev–Trinajstić information content (AvgIpc) is 3.47. The second-order valence-electron chi connectivity index (χ2n) is 7.14. The molecule has 0 saturated heterocycles. The van der Waals surface area contributed by atoms with Crippen LogP contribution in [-0.4, -0.2) is 55.8 Å². The van der Waals surface area contributed by atoms with Gasteiger partial charge in [-0.05, 0) is 36.8 Å². The Balaban J connectivity index is 1.52. The summed E-state index contributed by atoms with van der Waals surface area (Å²) in [6, 6.07) is 11.2. The molecule has 5 rings (SSSR count). The molecule has 0 aliphatic rings. The normalized spacial score (nSPS) is 11.3. The van der Waals surface area contributed by atoms with Crippen LogP contribution in [0.15, 0.2) is 48.8 Å². The van der Waals surface area contributed by atoms with E-state index in [-0.39, 0.29) is 11.8 Å². The third-order valence-corrected chi connectivity index (χ3v) is 5.04. The summed E-state index contributed by atoms with van der Waals surface area (Å²) in [4.78, 5) is 10.4. The lowest BCUT2D eigenvalue weighted by atomic mass is 10.2. The number of aromatic nitrogens is 7. The first-order valence-electron chi connectivity index (χ1n) is 10.0. The summed E-state index contributed by atoms with van der Waals surface area (Å²) < 4.78 is 20.2. The molecule has 32 heavy (non-hydrogen) atoms. The van der Waals surface area contributed by atoms with Crippen molar-refractivity contribution >= 4 is 45.1 Å². The first-order chi connectivity index (χ1) is 15.7. The van der Waals surface area contributed by atoms with E-state index in [4.69, 9.17) is 4.74 Å². The van der Waals surface area contributed by atoms with E-state index in [0.717, 1.165) is 33.3 Å². The minimum atomic E-state index is -0.526. The summed E-state index contributed by atoms with van der Waals surface area (Å²) in [5.74, 6) is -0.0948. The van der Waals surface area contributed by atoms with Gasteiger partial charge in [0.1, 0.15) is 5.52 Å². The Morgan fingerprint density at radius 1 is 1.12 bits per heavy atom. The van der Waals surface area contributed by atoms with Crippen LogP contribution in [0.1, 0.15) is 6.42 Å². The van der Waals surface area contributed by atoms with Crippen molar-refractivity contribution in [1.29, 1.82) is 0 Å². The molecule has 0 aliphatic carbocycles.